The number of rotatable bonds is 7. The third-order valence-corrected chi connectivity index (χ3v) is 1.81. The molecule has 0 amide bonds. The largest absolute Gasteiger partial charge is 0.437 e. The van der Waals surface area contributed by atoms with E-state index >= 15 is 0 Å². The van der Waals surface area contributed by atoms with Crippen LogP contribution in [0, 0.1) is 5.92 Å². The lowest BCUT2D eigenvalue weighted by Crippen LogP contribution is -2.42. The van der Waals surface area contributed by atoms with Gasteiger partial charge in [0.05, 0.1) is 0 Å². The molecule has 17 heavy (non-hydrogen) atoms. The molecule has 7 heteroatoms. The Morgan fingerprint density at radius 2 is 1.88 bits per heavy atom. The minimum Gasteiger partial charge on any atom is -0.437 e. The SMILES string of the molecule is CC(C)CC(=O)OCON.CCN(CC)NN. The van der Waals surface area contributed by atoms with E-state index in [0.717, 1.165) is 13.1 Å². The van der Waals surface area contributed by atoms with Crippen molar-refractivity contribution in [2.45, 2.75) is 34.1 Å². The number of ether oxygens (including phenoxy) is 1. The van der Waals surface area contributed by atoms with Crippen molar-refractivity contribution >= 4 is 5.97 Å². The summed E-state index contributed by atoms with van der Waals surface area (Å²) in [6.07, 6.45) is 0.406. The van der Waals surface area contributed by atoms with Crippen molar-refractivity contribution < 1.29 is 14.4 Å². The van der Waals surface area contributed by atoms with Crippen molar-refractivity contribution in [3.8, 4) is 0 Å². The second kappa shape index (κ2) is 13.3. The average Bonchev–Trinajstić information content (AvgIpc) is 2.29. The Bertz CT molecular complexity index is 169. The molecular formula is C10H26N4O3. The number of hydrazine groups is 2. The highest BCUT2D eigenvalue weighted by Gasteiger charge is 2.04. The molecule has 0 aromatic carbocycles. The summed E-state index contributed by atoms with van der Waals surface area (Å²) >= 11 is 0. The summed E-state index contributed by atoms with van der Waals surface area (Å²) in [4.78, 5) is 14.7. The molecule has 0 fully saturated rings. The van der Waals surface area contributed by atoms with E-state index in [4.69, 9.17) is 5.84 Å². The van der Waals surface area contributed by atoms with Gasteiger partial charge >= 0.3 is 5.97 Å². The first-order valence-corrected chi connectivity index (χ1v) is 5.70. The van der Waals surface area contributed by atoms with Gasteiger partial charge in [0.25, 0.3) is 0 Å². The summed E-state index contributed by atoms with van der Waals surface area (Å²) in [6.45, 7) is 9.70. The van der Waals surface area contributed by atoms with Crippen LogP contribution in [-0.4, -0.2) is 30.9 Å². The third kappa shape index (κ3) is 15.3. The highest BCUT2D eigenvalue weighted by Crippen LogP contribution is 2.00. The van der Waals surface area contributed by atoms with Crippen molar-refractivity contribution in [1.29, 1.82) is 0 Å². The lowest BCUT2D eigenvalue weighted by Gasteiger charge is -2.14. The van der Waals surface area contributed by atoms with Crippen LogP contribution in [0.2, 0.25) is 0 Å². The Kier molecular flexibility index (Phi) is 14.6. The number of hydrogen-bond donors (Lipinski definition) is 3. The van der Waals surface area contributed by atoms with Crippen LogP contribution in [0.5, 0.6) is 0 Å². The molecule has 0 atom stereocenters. The van der Waals surface area contributed by atoms with Gasteiger partial charge in [-0.15, -0.1) is 0 Å². The molecule has 0 bridgehead atoms. The molecule has 0 aromatic heterocycles. The Labute approximate surface area is 103 Å². The molecule has 0 aliphatic carbocycles. The molecule has 0 aliphatic rings. The molecule has 0 aromatic rings. The summed E-state index contributed by atoms with van der Waals surface area (Å²) in [6, 6.07) is 0. The standard InChI is InChI=1S/C6H13NO3.C4H13N3/c1-5(2)3-6(8)9-4-10-7;1-3-7(4-2)6-5/h5H,3-4,7H2,1-2H3;6H,3-5H2,1-2H3. The van der Waals surface area contributed by atoms with Gasteiger partial charge in [0, 0.05) is 19.5 Å². The number of nitrogens with two attached hydrogens (primary N) is 2. The molecule has 5 N–H and O–H groups in total. The summed E-state index contributed by atoms with van der Waals surface area (Å²) < 4.78 is 4.52. The van der Waals surface area contributed by atoms with Gasteiger partial charge in [0.1, 0.15) is 0 Å². The zero-order valence-corrected chi connectivity index (χ0v) is 11.2. The van der Waals surface area contributed by atoms with Crippen LogP contribution in [0.15, 0.2) is 0 Å². The minimum absolute atomic E-state index is 0.161. The molecule has 104 valence electrons. The first-order chi connectivity index (χ1) is 8.01. The second-order valence-electron chi connectivity index (χ2n) is 3.70. The predicted octanol–water partition coefficient (Wildman–Crippen LogP) is 0.130. The molecule has 0 saturated carbocycles. The van der Waals surface area contributed by atoms with Crippen LogP contribution in [0.1, 0.15) is 34.1 Å². The van der Waals surface area contributed by atoms with Crippen molar-refractivity contribution in [2.75, 3.05) is 19.9 Å². The topological polar surface area (TPSA) is 103 Å². The van der Waals surface area contributed by atoms with Crippen LogP contribution < -0.4 is 17.3 Å². The molecule has 0 heterocycles. The fraction of sp³-hybridized carbons (Fsp3) is 0.900. The van der Waals surface area contributed by atoms with Gasteiger partial charge < -0.3 is 4.74 Å². The van der Waals surface area contributed by atoms with Gasteiger partial charge in [0.15, 0.2) is 0 Å². The monoisotopic (exact) mass is 250 g/mol. The summed E-state index contributed by atoms with van der Waals surface area (Å²) in [7, 11) is 0. The van der Waals surface area contributed by atoms with Crippen molar-refractivity contribution in [1.82, 2.24) is 10.5 Å². The van der Waals surface area contributed by atoms with Gasteiger partial charge in [-0.05, 0) is 5.92 Å². The quantitative estimate of drug-likeness (QED) is 0.255. The smallest absolute Gasteiger partial charge is 0.308 e. The van der Waals surface area contributed by atoms with E-state index in [9.17, 15) is 4.79 Å². The van der Waals surface area contributed by atoms with Gasteiger partial charge in [-0.1, -0.05) is 27.7 Å². The lowest BCUT2D eigenvalue weighted by molar-refractivity contribution is -0.157. The van der Waals surface area contributed by atoms with E-state index in [2.05, 4.69) is 21.0 Å². The molecule has 0 spiro atoms. The van der Waals surface area contributed by atoms with E-state index in [1.54, 1.807) is 0 Å². The number of hydrogen-bond acceptors (Lipinski definition) is 7. The Balaban J connectivity index is 0. The van der Waals surface area contributed by atoms with Crippen molar-refractivity contribution in [2.24, 2.45) is 17.7 Å². The van der Waals surface area contributed by atoms with Gasteiger partial charge in [-0.25, -0.2) is 10.9 Å². The molecule has 0 rings (SSSR count). The van der Waals surface area contributed by atoms with E-state index in [0.29, 0.717) is 12.3 Å². The first kappa shape index (κ1) is 18.6. The Morgan fingerprint density at radius 1 is 1.35 bits per heavy atom. The van der Waals surface area contributed by atoms with E-state index in [1.165, 1.54) is 0 Å². The van der Waals surface area contributed by atoms with Gasteiger partial charge in [-0.3, -0.25) is 15.5 Å². The number of carbonyl (C=O) groups is 1. The maximum absolute atomic E-state index is 10.7. The zero-order valence-electron chi connectivity index (χ0n) is 11.2. The Morgan fingerprint density at radius 3 is 2.12 bits per heavy atom. The summed E-state index contributed by atoms with van der Waals surface area (Å²) in [5, 5.41) is 1.90. The minimum atomic E-state index is -0.277. The molecule has 0 aliphatic heterocycles. The maximum Gasteiger partial charge on any atom is 0.308 e. The van der Waals surface area contributed by atoms with Crippen LogP contribution in [0.4, 0.5) is 0 Å². The van der Waals surface area contributed by atoms with Crippen LogP contribution in [-0.2, 0) is 14.4 Å². The van der Waals surface area contributed by atoms with Gasteiger partial charge in [-0.2, -0.15) is 5.53 Å². The zero-order chi connectivity index (χ0) is 13.7. The molecule has 0 radical (unpaired) electrons. The van der Waals surface area contributed by atoms with E-state index < -0.39 is 0 Å². The molecule has 0 unspecified atom stereocenters. The second-order valence-corrected chi connectivity index (χ2v) is 3.70. The van der Waals surface area contributed by atoms with E-state index in [-0.39, 0.29) is 12.8 Å². The van der Waals surface area contributed by atoms with Crippen LogP contribution in [0.25, 0.3) is 0 Å². The Hall–Kier alpha value is -0.730. The number of nitrogens with zero attached hydrogens (tertiary/aromatic N) is 1. The molecule has 0 saturated heterocycles. The number of carbonyl (C=O) groups excluding carboxylic acids is 1. The highest BCUT2D eigenvalue weighted by atomic mass is 16.7. The lowest BCUT2D eigenvalue weighted by atomic mass is 10.1. The average molecular weight is 250 g/mol. The van der Waals surface area contributed by atoms with Crippen LogP contribution in [0.3, 0.4) is 0 Å². The third-order valence-electron chi connectivity index (χ3n) is 1.81. The predicted molar refractivity (Wildman–Crippen MR) is 65.9 cm³/mol. The fourth-order valence-corrected chi connectivity index (χ4v) is 0.898. The van der Waals surface area contributed by atoms with E-state index in [1.807, 2.05) is 32.7 Å². The summed E-state index contributed by atoms with van der Waals surface area (Å²) in [5.41, 5.74) is 2.53. The maximum atomic E-state index is 10.7. The van der Waals surface area contributed by atoms with Crippen molar-refractivity contribution in [3.63, 3.8) is 0 Å². The number of esters is 1. The normalized spacial score (nSPS) is 10.1. The number of nitrogens with one attached hydrogen (secondary N) is 1. The molecular weight excluding hydrogens is 224 g/mol. The fourth-order valence-electron chi connectivity index (χ4n) is 0.898. The van der Waals surface area contributed by atoms with Crippen molar-refractivity contribution in [3.05, 3.63) is 0 Å². The highest BCUT2D eigenvalue weighted by molar-refractivity contribution is 5.69. The summed E-state index contributed by atoms with van der Waals surface area (Å²) in [5.74, 6) is 9.73. The molecule has 7 nitrogen and oxygen atoms in total. The first-order valence-electron chi connectivity index (χ1n) is 5.70. The van der Waals surface area contributed by atoms with Crippen LogP contribution >= 0.6 is 0 Å². The van der Waals surface area contributed by atoms with Gasteiger partial charge in [0.2, 0.25) is 6.79 Å².